The molecule has 0 aliphatic rings. The Morgan fingerprint density at radius 1 is 1.14 bits per heavy atom. The van der Waals surface area contributed by atoms with E-state index in [0.717, 1.165) is 24.4 Å². The minimum absolute atomic E-state index is 0.179. The zero-order valence-electron chi connectivity index (χ0n) is 14.2. The number of hydrogen-bond acceptors (Lipinski definition) is 2. The zero-order chi connectivity index (χ0) is 15.7. The molecule has 0 radical (unpaired) electrons. The first kappa shape index (κ1) is 17.6. The van der Waals surface area contributed by atoms with Crippen molar-refractivity contribution in [2.24, 2.45) is 0 Å². The van der Waals surface area contributed by atoms with Gasteiger partial charge in [0.25, 0.3) is 0 Å². The number of ether oxygens (including phenoxy) is 1. The van der Waals surface area contributed by atoms with Crippen molar-refractivity contribution < 1.29 is 4.74 Å². The van der Waals surface area contributed by atoms with Crippen LogP contribution < -0.4 is 9.64 Å². The lowest BCUT2D eigenvalue weighted by Crippen LogP contribution is -2.25. The van der Waals surface area contributed by atoms with Gasteiger partial charge in [-0.05, 0) is 38.8 Å². The van der Waals surface area contributed by atoms with E-state index < -0.39 is 0 Å². The summed E-state index contributed by atoms with van der Waals surface area (Å²) in [6, 6.07) is 6.47. The third-order valence-electron chi connectivity index (χ3n) is 3.51. The van der Waals surface area contributed by atoms with Crippen LogP contribution in [-0.2, 0) is 0 Å². The number of hydrogen-bond donors (Lipinski definition) is 0. The monoisotopic (exact) mass is 289 g/mol. The van der Waals surface area contributed by atoms with Gasteiger partial charge in [-0.15, -0.1) is 0 Å². The van der Waals surface area contributed by atoms with Crippen molar-refractivity contribution in [1.82, 2.24) is 0 Å². The largest absolute Gasteiger partial charge is 0.490 e. The first-order chi connectivity index (χ1) is 10.1. The van der Waals surface area contributed by atoms with E-state index in [1.165, 1.54) is 31.4 Å². The van der Waals surface area contributed by atoms with Crippen molar-refractivity contribution >= 4 is 11.8 Å². The molecule has 0 aliphatic carbocycles. The Balaban J connectivity index is 2.97. The second kappa shape index (κ2) is 9.49. The van der Waals surface area contributed by atoms with Crippen LogP contribution in [0.15, 0.2) is 24.8 Å². The Morgan fingerprint density at radius 3 is 2.24 bits per heavy atom. The molecular formula is C19H31NO. The lowest BCUT2D eigenvalue weighted by Gasteiger charge is -2.26. The maximum atomic E-state index is 5.94. The number of unbranched alkanes of at least 4 members (excludes halogenated alkanes) is 2. The molecule has 0 aliphatic heterocycles. The molecule has 118 valence electrons. The minimum atomic E-state index is 0.179. The molecule has 0 heterocycles. The van der Waals surface area contributed by atoms with Crippen LogP contribution in [0.25, 0.3) is 6.08 Å². The van der Waals surface area contributed by atoms with Gasteiger partial charge in [0, 0.05) is 30.4 Å². The van der Waals surface area contributed by atoms with Gasteiger partial charge < -0.3 is 9.64 Å². The van der Waals surface area contributed by atoms with Crippen molar-refractivity contribution in [3.8, 4) is 5.75 Å². The topological polar surface area (TPSA) is 12.5 Å². The van der Waals surface area contributed by atoms with E-state index in [4.69, 9.17) is 4.74 Å². The molecule has 2 nitrogen and oxygen atoms in total. The minimum Gasteiger partial charge on any atom is -0.490 e. The molecule has 1 rings (SSSR count). The number of nitrogens with zero attached hydrogens (tertiary/aromatic N) is 1. The number of rotatable bonds is 10. The second-order valence-electron chi connectivity index (χ2n) is 5.79. The summed E-state index contributed by atoms with van der Waals surface area (Å²) in [7, 11) is 0. The van der Waals surface area contributed by atoms with Gasteiger partial charge in [0.15, 0.2) is 0 Å². The smallest absolute Gasteiger partial charge is 0.128 e. The molecule has 2 heteroatoms. The predicted octanol–water partition coefficient (Wildman–Crippen LogP) is 5.52. The van der Waals surface area contributed by atoms with Gasteiger partial charge in [-0.3, -0.25) is 0 Å². The molecule has 0 amide bonds. The first-order valence-electron chi connectivity index (χ1n) is 8.30. The van der Waals surface area contributed by atoms with Gasteiger partial charge in [0.05, 0.1) is 6.10 Å². The lowest BCUT2D eigenvalue weighted by molar-refractivity contribution is 0.242. The van der Waals surface area contributed by atoms with Crippen LogP contribution in [-0.4, -0.2) is 19.2 Å². The molecule has 0 N–H and O–H groups in total. The van der Waals surface area contributed by atoms with Gasteiger partial charge in [-0.1, -0.05) is 39.3 Å². The molecule has 0 atom stereocenters. The molecule has 0 aromatic heterocycles. The summed E-state index contributed by atoms with van der Waals surface area (Å²) in [6.07, 6.45) is 6.95. The third kappa shape index (κ3) is 5.82. The average molecular weight is 289 g/mol. The highest BCUT2D eigenvalue weighted by Gasteiger charge is 2.10. The van der Waals surface area contributed by atoms with E-state index >= 15 is 0 Å². The molecule has 0 unspecified atom stereocenters. The zero-order valence-corrected chi connectivity index (χ0v) is 14.2. The van der Waals surface area contributed by atoms with E-state index in [9.17, 15) is 0 Å². The van der Waals surface area contributed by atoms with Gasteiger partial charge in [-0.2, -0.15) is 0 Å². The summed E-state index contributed by atoms with van der Waals surface area (Å²) in [5.74, 6) is 0.940. The summed E-state index contributed by atoms with van der Waals surface area (Å²) in [6.45, 7) is 14.7. The van der Waals surface area contributed by atoms with Gasteiger partial charge in [-0.25, -0.2) is 0 Å². The third-order valence-corrected chi connectivity index (χ3v) is 3.51. The van der Waals surface area contributed by atoms with Crippen molar-refractivity contribution in [3.05, 3.63) is 30.3 Å². The second-order valence-corrected chi connectivity index (χ2v) is 5.79. The normalized spacial score (nSPS) is 10.7. The van der Waals surface area contributed by atoms with Crippen molar-refractivity contribution in [3.63, 3.8) is 0 Å². The summed E-state index contributed by atoms with van der Waals surface area (Å²) < 4.78 is 5.94. The fraction of sp³-hybridized carbons (Fsp3) is 0.579. The standard InChI is InChI=1S/C19H31NO/c1-6-9-13-20(14-10-7-2)18-12-11-17(8-3)19(15-18)21-16(4)5/h8,11-12,15-16H,3,6-7,9-10,13-14H2,1-2,4-5H3. The summed E-state index contributed by atoms with van der Waals surface area (Å²) in [5, 5.41) is 0. The lowest BCUT2D eigenvalue weighted by atomic mass is 10.1. The van der Waals surface area contributed by atoms with E-state index in [2.05, 4.69) is 57.4 Å². The number of benzene rings is 1. The maximum Gasteiger partial charge on any atom is 0.128 e. The van der Waals surface area contributed by atoms with Crippen LogP contribution in [0.5, 0.6) is 5.75 Å². The predicted molar refractivity (Wildman–Crippen MR) is 94.3 cm³/mol. The van der Waals surface area contributed by atoms with Crippen molar-refractivity contribution in [2.45, 2.75) is 59.5 Å². The van der Waals surface area contributed by atoms with Crippen LogP contribution in [0.1, 0.15) is 58.9 Å². The quantitative estimate of drug-likeness (QED) is 0.562. The van der Waals surface area contributed by atoms with Crippen LogP contribution >= 0.6 is 0 Å². The van der Waals surface area contributed by atoms with E-state index in [0.29, 0.717) is 0 Å². The van der Waals surface area contributed by atoms with Gasteiger partial charge in [0.2, 0.25) is 0 Å². The summed E-state index contributed by atoms with van der Waals surface area (Å²) >= 11 is 0. The van der Waals surface area contributed by atoms with Crippen LogP contribution in [0, 0.1) is 0 Å². The van der Waals surface area contributed by atoms with E-state index in [1.807, 2.05) is 6.08 Å². The molecule has 1 aromatic carbocycles. The molecular weight excluding hydrogens is 258 g/mol. The van der Waals surface area contributed by atoms with Crippen LogP contribution in [0.2, 0.25) is 0 Å². The molecule has 0 bridgehead atoms. The summed E-state index contributed by atoms with van der Waals surface area (Å²) in [5.41, 5.74) is 2.33. The van der Waals surface area contributed by atoms with Crippen LogP contribution in [0.4, 0.5) is 5.69 Å². The highest BCUT2D eigenvalue weighted by molar-refractivity contribution is 5.62. The molecule has 0 saturated carbocycles. The van der Waals surface area contributed by atoms with E-state index in [1.54, 1.807) is 0 Å². The fourth-order valence-electron chi connectivity index (χ4n) is 2.31. The highest BCUT2D eigenvalue weighted by Crippen LogP contribution is 2.28. The molecule has 21 heavy (non-hydrogen) atoms. The Morgan fingerprint density at radius 2 is 1.76 bits per heavy atom. The highest BCUT2D eigenvalue weighted by atomic mass is 16.5. The Hall–Kier alpha value is -1.44. The Labute approximate surface area is 130 Å². The van der Waals surface area contributed by atoms with Crippen LogP contribution in [0.3, 0.4) is 0 Å². The Kier molecular flexibility index (Phi) is 7.96. The molecule has 0 fully saturated rings. The number of anilines is 1. The van der Waals surface area contributed by atoms with E-state index in [-0.39, 0.29) is 6.10 Å². The molecule has 1 aromatic rings. The maximum absolute atomic E-state index is 5.94. The average Bonchev–Trinajstić information content (AvgIpc) is 2.47. The SMILES string of the molecule is C=Cc1ccc(N(CCCC)CCCC)cc1OC(C)C. The Bertz CT molecular complexity index is 418. The van der Waals surface area contributed by atoms with Crippen molar-refractivity contribution in [1.29, 1.82) is 0 Å². The first-order valence-corrected chi connectivity index (χ1v) is 8.30. The molecule has 0 spiro atoms. The van der Waals surface area contributed by atoms with Gasteiger partial charge in [0.1, 0.15) is 5.75 Å². The fourth-order valence-corrected chi connectivity index (χ4v) is 2.31. The molecule has 0 saturated heterocycles. The van der Waals surface area contributed by atoms with Crippen molar-refractivity contribution in [2.75, 3.05) is 18.0 Å². The summed E-state index contributed by atoms with van der Waals surface area (Å²) in [4.78, 5) is 2.48. The van der Waals surface area contributed by atoms with Gasteiger partial charge >= 0.3 is 0 Å².